The van der Waals surface area contributed by atoms with Crippen molar-refractivity contribution in [3.05, 3.63) is 77.2 Å². The number of pyridine rings is 1. The Balaban J connectivity index is 1.46. The van der Waals surface area contributed by atoms with E-state index in [1.54, 1.807) is 24.5 Å². The molecule has 0 spiro atoms. The number of benzene rings is 1. The molecule has 0 fully saturated rings. The highest BCUT2D eigenvalue weighted by Gasteiger charge is 2.26. The molecule has 0 atom stereocenters. The number of hydrogen-bond donors (Lipinski definition) is 2. The number of carbonyl (C=O) groups is 1. The van der Waals surface area contributed by atoms with Gasteiger partial charge in [-0.25, -0.2) is 0 Å². The predicted molar refractivity (Wildman–Crippen MR) is 90.2 cm³/mol. The third-order valence-corrected chi connectivity index (χ3v) is 4.12. The number of carbonyl (C=O) groups excluding carboxylic acids is 1. The van der Waals surface area contributed by atoms with Gasteiger partial charge < -0.3 is 5.32 Å². The topological polar surface area (TPSA) is 73.9 Å². The van der Waals surface area contributed by atoms with Gasteiger partial charge in [0.15, 0.2) is 0 Å². The highest BCUT2D eigenvalue weighted by atomic mass is 16.1. The smallest absolute Gasteiger partial charge is 0.258 e. The molecular formula is C18H17N5O. The largest absolute Gasteiger partial charge is 0.307 e. The lowest BCUT2D eigenvalue weighted by Gasteiger charge is -2.15. The summed E-state index contributed by atoms with van der Waals surface area (Å²) in [6.07, 6.45) is 3.19. The van der Waals surface area contributed by atoms with Crippen molar-refractivity contribution in [2.75, 3.05) is 5.32 Å². The molecule has 6 nitrogen and oxygen atoms in total. The minimum absolute atomic E-state index is 0.184. The fraction of sp³-hybridized carbons (Fsp3) is 0.167. The lowest BCUT2D eigenvalue weighted by Crippen LogP contribution is -2.18. The number of nitrogens with one attached hydrogen (secondary N) is 2. The monoisotopic (exact) mass is 319 g/mol. The van der Waals surface area contributed by atoms with Crippen LogP contribution in [0.25, 0.3) is 0 Å². The van der Waals surface area contributed by atoms with E-state index in [0.29, 0.717) is 11.4 Å². The average Bonchev–Trinajstić information content (AvgIpc) is 3.18. The first-order valence-corrected chi connectivity index (χ1v) is 7.83. The lowest BCUT2D eigenvalue weighted by molar-refractivity contribution is 0.102. The molecule has 0 saturated carbocycles. The molecule has 4 rings (SSSR count). The number of aromatic amines is 1. The number of nitrogens with zero attached hydrogens (tertiary/aromatic N) is 3. The van der Waals surface area contributed by atoms with Crippen LogP contribution in [0.3, 0.4) is 0 Å². The van der Waals surface area contributed by atoms with Crippen LogP contribution in [0.4, 0.5) is 5.82 Å². The number of rotatable bonds is 4. The summed E-state index contributed by atoms with van der Waals surface area (Å²) in [6, 6.07) is 13.8. The molecule has 1 aromatic carbocycles. The standard InChI is InChI=1S/C18H17N5O/c24-18(14-7-4-8-19-9-14)20-17-15-11-23(12-16(15)21-22-17)10-13-5-2-1-3-6-13/h1-9H,10-12H2,(H2,20,21,22,24). The van der Waals surface area contributed by atoms with E-state index in [9.17, 15) is 4.79 Å². The molecule has 6 heteroatoms. The van der Waals surface area contributed by atoms with Gasteiger partial charge in [0.2, 0.25) is 0 Å². The highest BCUT2D eigenvalue weighted by Crippen LogP contribution is 2.28. The number of amides is 1. The minimum Gasteiger partial charge on any atom is -0.307 e. The third kappa shape index (κ3) is 2.91. The lowest BCUT2D eigenvalue weighted by atomic mass is 10.2. The molecule has 2 aromatic heterocycles. The van der Waals surface area contributed by atoms with Crippen molar-refractivity contribution in [2.24, 2.45) is 0 Å². The molecule has 0 radical (unpaired) electrons. The maximum absolute atomic E-state index is 12.3. The quantitative estimate of drug-likeness (QED) is 0.775. The molecule has 24 heavy (non-hydrogen) atoms. The van der Waals surface area contributed by atoms with Crippen LogP contribution in [0.2, 0.25) is 0 Å². The molecule has 120 valence electrons. The summed E-state index contributed by atoms with van der Waals surface area (Å²) in [5.41, 5.74) is 3.85. The first-order valence-electron chi connectivity index (χ1n) is 7.83. The van der Waals surface area contributed by atoms with Crippen molar-refractivity contribution in [1.29, 1.82) is 0 Å². The summed E-state index contributed by atoms with van der Waals surface area (Å²) in [5, 5.41) is 10.2. The molecule has 3 heterocycles. The zero-order valence-corrected chi connectivity index (χ0v) is 13.1. The van der Waals surface area contributed by atoms with Crippen molar-refractivity contribution in [3.8, 4) is 0 Å². The van der Waals surface area contributed by atoms with Crippen molar-refractivity contribution in [2.45, 2.75) is 19.6 Å². The van der Waals surface area contributed by atoms with Crippen LogP contribution in [0.5, 0.6) is 0 Å². The number of fused-ring (bicyclic) bond motifs is 1. The Labute approximate surface area is 139 Å². The first kappa shape index (κ1) is 14.6. The van der Waals surface area contributed by atoms with Gasteiger partial charge in [0.05, 0.1) is 11.3 Å². The summed E-state index contributed by atoms with van der Waals surface area (Å²) in [5.74, 6) is 0.491. The van der Waals surface area contributed by atoms with Crippen LogP contribution in [0, 0.1) is 0 Å². The van der Waals surface area contributed by atoms with Crippen LogP contribution in [0.15, 0.2) is 54.9 Å². The molecule has 1 aliphatic rings. The van der Waals surface area contributed by atoms with Crippen LogP contribution in [-0.4, -0.2) is 26.0 Å². The molecular weight excluding hydrogens is 302 g/mol. The second-order valence-electron chi connectivity index (χ2n) is 5.85. The van der Waals surface area contributed by atoms with Crippen molar-refractivity contribution >= 4 is 11.7 Å². The Hall–Kier alpha value is -2.99. The second-order valence-corrected chi connectivity index (χ2v) is 5.85. The van der Waals surface area contributed by atoms with Gasteiger partial charge in [-0.2, -0.15) is 5.10 Å². The van der Waals surface area contributed by atoms with E-state index in [1.807, 2.05) is 18.2 Å². The minimum atomic E-state index is -0.184. The molecule has 1 amide bonds. The van der Waals surface area contributed by atoms with Gasteiger partial charge in [-0.3, -0.25) is 19.8 Å². The molecule has 0 unspecified atom stereocenters. The average molecular weight is 319 g/mol. The fourth-order valence-electron chi connectivity index (χ4n) is 2.93. The number of H-pyrrole nitrogens is 1. The van der Waals surface area contributed by atoms with Crippen molar-refractivity contribution in [1.82, 2.24) is 20.1 Å². The Morgan fingerprint density at radius 1 is 1.17 bits per heavy atom. The summed E-state index contributed by atoms with van der Waals surface area (Å²) in [7, 11) is 0. The Morgan fingerprint density at radius 3 is 2.83 bits per heavy atom. The van der Waals surface area contributed by atoms with Crippen LogP contribution >= 0.6 is 0 Å². The van der Waals surface area contributed by atoms with Gasteiger partial charge in [-0.15, -0.1) is 0 Å². The summed E-state index contributed by atoms with van der Waals surface area (Å²) in [4.78, 5) is 18.5. The van der Waals surface area contributed by atoms with Crippen LogP contribution < -0.4 is 5.32 Å². The molecule has 0 aliphatic carbocycles. The SMILES string of the molecule is O=C(Nc1[nH]nc2c1CN(Cc1ccccc1)C2)c1cccnc1. The Kier molecular flexibility index (Phi) is 3.80. The summed E-state index contributed by atoms with van der Waals surface area (Å²) in [6.45, 7) is 2.42. The predicted octanol–water partition coefficient (Wildman–Crippen LogP) is 2.57. The van der Waals surface area contributed by atoms with Gasteiger partial charge in [0.25, 0.3) is 5.91 Å². The highest BCUT2D eigenvalue weighted by molar-refractivity contribution is 6.03. The summed E-state index contributed by atoms with van der Waals surface area (Å²) >= 11 is 0. The van der Waals surface area contributed by atoms with E-state index in [4.69, 9.17) is 0 Å². The van der Waals surface area contributed by atoms with E-state index in [0.717, 1.165) is 30.9 Å². The van der Waals surface area contributed by atoms with E-state index in [-0.39, 0.29) is 5.91 Å². The van der Waals surface area contributed by atoms with Gasteiger partial charge in [0, 0.05) is 37.6 Å². The number of hydrogen-bond acceptors (Lipinski definition) is 4. The third-order valence-electron chi connectivity index (χ3n) is 4.12. The van der Waals surface area contributed by atoms with Gasteiger partial charge in [-0.05, 0) is 17.7 Å². The van der Waals surface area contributed by atoms with Crippen LogP contribution in [-0.2, 0) is 19.6 Å². The zero-order chi connectivity index (χ0) is 16.4. The van der Waals surface area contributed by atoms with Crippen molar-refractivity contribution < 1.29 is 4.79 Å². The van der Waals surface area contributed by atoms with Gasteiger partial charge in [-0.1, -0.05) is 30.3 Å². The Morgan fingerprint density at radius 2 is 2.04 bits per heavy atom. The number of anilines is 1. The molecule has 2 N–H and O–H groups in total. The van der Waals surface area contributed by atoms with Crippen LogP contribution in [0.1, 0.15) is 27.2 Å². The maximum atomic E-state index is 12.3. The van der Waals surface area contributed by atoms with E-state index >= 15 is 0 Å². The first-order chi connectivity index (χ1) is 11.8. The molecule has 1 aliphatic heterocycles. The van der Waals surface area contributed by atoms with E-state index in [2.05, 4.69) is 37.5 Å². The number of aromatic nitrogens is 3. The summed E-state index contributed by atoms with van der Waals surface area (Å²) < 4.78 is 0. The van der Waals surface area contributed by atoms with E-state index < -0.39 is 0 Å². The maximum Gasteiger partial charge on any atom is 0.258 e. The Bertz CT molecular complexity index is 844. The second kappa shape index (κ2) is 6.25. The van der Waals surface area contributed by atoms with Crippen molar-refractivity contribution in [3.63, 3.8) is 0 Å². The molecule has 0 bridgehead atoms. The fourth-order valence-corrected chi connectivity index (χ4v) is 2.93. The van der Waals surface area contributed by atoms with Gasteiger partial charge in [0.1, 0.15) is 5.82 Å². The molecule has 0 saturated heterocycles. The molecule has 3 aromatic rings. The van der Waals surface area contributed by atoms with E-state index in [1.165, 1.54) is 5.56 Å². The van der Waals surface area contributed by atoms with Gasteiger partial charge >= 0.3 is 0 Å². The normalized spacial score (nSPS) is 13.7. The zero-order valence-electron chi connectivity index (χ0n) is 13.1.